The second-order valence-corrected chi connectivity index (χ2v) is 7.14. The number of carbonyl (C=O) groups is 1. The number of hydrogen-bond acceptors (Lipinski definition) is 5. The van der Waals surface area contributed by atoms with E-state index in [9.17, 15) is 9.59 Å². The van der Waals surface area contributed by atoms with Gasteiger partial charge < -0.3 is 14.8 Å². The summed E-state index contributed by atoms with van der Waals surface area (Å²) in [6, 6.07) is 7.58. The van der Waals surface area contributed by atoms with Crippen LogP contribution < -0.4 is 15.8 Å². The Morgan fingerprint density at radius 1 is 1.21 bits per heavy atom. The van der Waals surface area contributed by atoms with Crippen LogP contribution in [0.4, 0.5) is 11.5 Å². The average molecular weight is 380 g/mol. The highest BCUT2D eigenvalue weighted by Crippen LogP contribution is 2.19. The van der Waals surface area contributed by atoms with Gasteiger partial charge in [0, 0.05) is 33.1 Å². The van der Waals surface area contributed by atoms with Gasteiger partial charge in [-0.1, -0.05) is 12.1 Å². The molecule has 8 heteroatoms. The Morgan fingerprint density at radius 3 is 2.68 bits per heavy atom. The van der Waals surface area contributed by atoms with Crippen LogP contribution in [0.2, 0.25) is 0 Å². The van der Waals surface area contributed by atoms with Crippen molar-refractivity contribution in [2.75, 3.05) is 23.3 Å². The third kappa shape index (κ3) is 3.37. The quantitative estimate of drug-likeness (QED) is 0.732. The van der Waals surface area contributed by atoms with Crippen LogP contribution in [0.15, 0.2) is 35.3 Å². The summed E-state index contributed by atoms with van der Waals surface area (Å²) in [4.78, 5) is 32.2. The molecule has 0 radical (unpaired) electrons. The van der Waals surface area contributed by atoms with Crippen LogP contribution in [0.1, 0.15) is 25.0 Å². The van der Waals surface area contributed by atoms with Gasteiger partial charge in [-0.3, -0.25) is 14.3 Å². The van der Waals surface area contributed by atoms with E-state index >= 15 is 0 Å². The van der Waals surface area contributed by atoms with Crippen molar-refractivity contribution >= 4 is 28.4 Å². The van der Waals surface area contributed by atoms with Crippen LogP contribution in [-0.4, -0.2) is 38.3 Å². The standard InChI is InChI=1S/C20H24N6O2/c1-14-16(13-21-24(14)2)22-18(27)9-12-26-17-8-4-3-7-15(17)23-19(20(26)28)25-10-5-6-11-25/h3-4,7-8,13H,5-6,9-12H2,1-2H3,(H,22,27). The minimum atomic E-state index is -0.147. The fraction of sp³-hybridized carbons (Fsp3) is 0.400. The van der Waals surface area contributed by atoms with Crippen LogP contribution in [0.5, 0.6) is 0 Å². The monoisotopic (exact) mass is 380 g/mol. The maximum absolute atomic E-state index is 13.1. The molecule has 1 aromatic carbocycles. The lowest BCUT2D eigenvalue weighted by atomic mass is 10.2. The van der Waals surface area contributed by atoms with Gasteiger partial charge in [-0.2, -0.15) is 5.10 Å². The van der Waals surface area contributed by atoms with Gasteiger partial charge in [-0.15, -0.1) is 0 Å². The third-order valence-electron chi connectivity index (χ3n) is 5.31. The minimum Gasteiger partial charge on any atom is -0.352 e. The summed E-state index contributed by atoms with van der Waals surface area (Å²) in [5.74, 6) is 0.339. The Kier molecular flexibility index (Phi) is 4.85. The summed E-state index contributed by atoms with van der Waals surface area (Å²) >= 11 is 0. The van der Waals surface area contributed by atoms with E-state index in [-0.39, 0.29) is 17.9 Å². The van der Waals surface area contributed by atoms with E-state index in [1.165, 1.54) is 0 Å². The third-order valence-corrected chi connectivity index (χ3v) is 5.31. The molecule has 2 aromatic heterocycles. The topological polar surface area (TPSA) is 85.1 Å². The molecule has 0 aliphatic carbocycles. The van der Waals surface area contributed by atoms with Gasteiger partial charge in [0.2, 0.25) is 5.91 Å². The predicted octanol–water partition coefficient (Wildman–Crippen LogP) is 2.07. The predicted molar refractivity (Wildman–Crippen MR) is 109 cm³/mol. The number of aromatic nitrogens is 4. The molecule has 146 valence electrons. The summed E-state index contributed by atoms with van der Waals surface area (Å²) < 4.78 is 3.38. The lowest BCUT2D eigenvalue weighted by Crippen LogP contribution is -2.32. The summed E-state index contributed by atoms with van der Waals surface area (Å²) in [7, 11) is 1.83. The van der Waals surface area contributed by atoms with E-state index in [0.29, 0.717) is 18.1 Å². The smallest absolute Gasteiger partial charge is 0.294 e. The average Bonchev–Trinajstić information content (AvgIpc) is 3.33. The lowest BCUT2D eigenvalue weighted by molar-refractivity contribution is -0.116. The highest BCUT2D eigenvalue weighted by molar-refractivity contribution is 5.91. The Balaban J connectivity index is 1.60. The number of para-hydroxylation sites is 2. The molecule has 4 rings (SSSR count). The molecular formula is C20H24N6O2. The van der Waals surface area contributed by atoms with Crippen molar-refractivity contribution in [2.45, 2.75) is 32.7 Å². The van der Waals surface area contributed by atoms with Crippen LogP contribution >= 0.6 is 0 Å². The number of anilines is 2. The van der Waals surface area contributed by atoms with Crippen LogP contribution in [-0.2, 0) is 18.4 Å². The molecule has 0 atom stereocenters. The number of hydrogen-bond donors (Lipinski definition) is 1. The molecule has 1 aliphatic heterocycles. The highest BCUT2D eigenvalue weighted by atomic mass is 16.2. The number of nitrogens with one attached hydrogen (secondary N) is 1. The summed E-state index contributed by atoms with van der Waals surface area (Å²) in [6.45, 7) is 3.89. The molecule has 3 heterocycles. The van der Waals surface area contributed by atoms with Crippen molar-refractivity contribution < 1.29 is 4.79 Å². The van der Waals surface area contributed by atoms with E-state index < -0.39 is 0 Å². The molecule has 0 spiro atoms. The maximum atomic E-state index is 13.1. The van der Waals surface area contributed by atoms with Crippen LogP contribution in [0.3, 0.4) is 0 Å². The zero-order valence-electron chi connectivity index (χ0n) is 16.2. The molecule has 8 nitrogen and oxygen atoms in total. The molecule has 0 unspecified atom stereocenters. The first-order chi connectivity index (χ1) is 13.5. The first-order valence-corrected chi connectivity index (χ1v) is 9.57. The normalized spacial score (nSPS) is 14.0. The summed E-state index contributed by atoms with van der Waals surface area (Å²) in [5.41, 5.74) is 2.97. The van der Waals surface area contributed by atoms with Gasteiger partial charge >= 0.3 is 0 Å². The minimum absolute atomic E-state index is 0.133. The van der Waals surface area contributed by atoms with Crippen molar-refractivity contribution in [3.8, 4) is 0 Å². The first-order valence-electron chi connectivity index (χ1n) is 9.57. The first kappa shape index (κ1) is 18.2. The molecule has 1 N–H and O–H groups in total. The second kappa shape index (κ2) is 7.46. The Morgan fingerprint density at radius 2 is 1.96 bits per heavy atom. The molecule has 1 amide bonds. The molecule has 3 aromatic rings. The summed E-state index contributed by atoms with van der Waals surface area (Å²) in [6.07, 6.45) is 3.97. The number of benzene rings is 1. The van der Waals surface area contributed by atoms with Gasteiger partial charge in [-0.25, -0.2) is 4.98 Å². The number of nitrogens with zero attached hydrogens (tertiary/aromatic N) is 5. The van der Waals surface area contributed by atoms with Crippen molar-refractivity contribution in [2.24, 2.45) is 7.05 Å². The molecule has 1 aliphatic rings. The van der Waals surface area contributed by atoms with Gasteiger partial charge in [0.05, 0.1) is 28.6 Å². The largest absolute Gasteiger partial charge is 0.352 e. The Bertz CT molecular complexity index is 1080. The van der Waals surface area contributed by atoms with E-state index in [2.05, 4.69) is 15.4 Å². The van der Waals surface area contributed by atoms with Gasteiger partial charge in [0.25, 0.3) is 5.56 Å². The number of rotatable bonds is 5. The SMILES string of the molecule is Cc1c(NC(=O)CCn2c(=O)c(N3CCCC3)nc3ccccc32)cnn1C. The number of amides is 1. The fourth-order valence-electron chi connectivity index (χ4n) is 3.58. The zero-order valence-corrected chi connectivity index (χ0v) is 16.2. The van der Waals surface area contributed by atoms with E-state index in [1.54, 1.807) is 15.4 Å². The molecule has 28 heavy (non-hydrogen) atoms. The lowest BCUT2D eigenvalue weighted by Gasteiger charge is -2.19. The van der Waals surface area contributed by atoms with Crippen molar-refractivity contribution in [3.05, 3.63) is 46.5 Å². The number of carbonyl (C=O) groups excluding carboxylic acids is 1. The van der Waals surface area contributed by atoms with Gasteiger partial charge in [-0.05, 0) is 31.9 Å². The molecule has 0 bridgehead atoms. The van der Waals surface area contributed by atoms with Gasteiger partial charge in [0.15, 0.2) is 5.82 Å². The summed E-state index contributed by atoms with van der Waals surface area (Å²) in [5, 5.41) is 7.01. The van der Waals surface area contributed by atoms with Crippen LogP contribution in [0, 0.1) is 6.92 Å². The van der Waals surface area contributed by atoms with E-state index in [4.69, 9.17) is 0 Å². The van der Waals surface area contributed by atoms with E-state index in [1.807, 2.05) is 43.1 Å². The molecule has 0 saturated carbocycles. The Hall–Kier alpha value is -3.16. The van der Waals surface area contributed by atoms with Gasteiger partial charge in [0.1, 0.15) is 0 Å². The molecule has 1 fully saturated rings. The van der Waals surface area contributed by atoms with E-state index in [0.717, 1.165) is 42.7 Å². The number of aryl methyl sites for hydroxylation is 2. The van der Waals surface area contributed by atoms with Crippen molar-refractivity contribution in [3.63, 3.8) is 0 Å². The molecule has 1 saturated heterocycles. The van der Waals surface area contributed by atoms with Crippen LogP contribution in [0.25, 0.3) is 11.0 Å². The Labute approximate surface area is 162 Å². The maximum Gasteiger partial charge on any atom is 0.294 e. The second-order valence-electron chi connectivity index (χ2n) is 7.14. The number of fused-ring (bicyclic) bond motifs is 1. The molecular weight excluding hydrogens is 356 g/mol. The van der Waals surface area contributed by atoms with Crippen molar-refractivity contribution in [1.82, 2.24) is 19.3 Å². The fourth-order valence-corrected chi connectivity index (χ4v) is 3.58. The van der Waals surface area contributed by atoms with Crippen molar-refractivity contribution in [1.29, 1.82) is 0 Å². The zero-order chi connectivity index (χ0) is 19.7. The highest BCUT2D eigenvalue weighted by Gasteiger charge is 2.20.